The predicted octanol–water partition coefficient (Wildman–Crippen LogP) is 3.65. The Hall–Kier alpha value is -1.87. The minimum atomic E-state index is -0.325. The molecule has 0 spiro atoms. The number of aliphatic hydroxyl groups excluding tert-OH is 1. The molecule has 3 heteroatoms. The molecule has 0 atom stereocenters. The molecule has 0 heterocycles. The summed E-state index contributed by atoms with van der Waals surface area (Å²) in [5.41, 5.74) is 3.15. The first-order chi connectivity index (χ1) is 9.17. The molecule has 19 heavy (non-hydrogen) atoms. The summed E-state index contributed by atoms with van der Waals surface area (Å²) in [6.07, 6.45) is 0.978. The van der Waals surface area contributed by atoms with Crippen LogP contribution in [-0.2, 0) is 13.0 Å². The van der Waals surface area contributed by atoms with E-state index in [1.165, 1.54) is 11.6 Å². The van der Waals surface area contributed by atoms with E-state index >= 15 is 0 Å². The van der Waals surface area contributed by atoms with E-state index in [0.717, 1.165) is 12.1 Å². The first-order valence-electron chi connectivity index (χ1n) is 6.38. The standard InChI is InChI=1S/C16H18FNO/c1-3-12-7-9-14(10-8-12)18(2)16-13(11-19)5-4-6-15(16)17/h4-10,19H,3,11H2,1-2H3. The molecular formula is C16H18FNO. The van der Waals surface area contributed by atoms with E-state index in [-0.39, 0.29) is 12.4 Å². The van der Waals surface area contributed by atoms with Crippen molar-refractivity contribution in [3.63, 3.8) is 0 Å². The van der Waals surface area contributed by atoms with E-state index in [2.05, 4.69) is 6.92 Å². The van der Waals surface area contributed by atoms with Crippen LogP contribution in [0.15, 0.2) is 42.5 Å². The number of para-hydroxylation sites is 1. The Kier molecular flexibility index (Phi) is 4.17. The summed E-state index contributed by atoms with van der Waals surface area (Å²) in [4.78, 5) is 1.76. The fourth-order valence-electron chi connectivity index (χ4n) is 2.15. The van der Waals surface area contributed by atoms with Crippen molar-refractivity contribution < 1.29 is 9.50 Å². The molecule has 100 valence electrons. The van der Waals surface area contributed by atoms with Crippen molar-refractivity contribution in [2.24, 2.45) is 0 Å². The number of benzene rings is 2. The molecule has 2 nitrogen and oxygen atoms in total. The van der Waals surface area contributed by atoms with Gasteiger partial charge in [0.2, 0.25) is 0 Å². The van der Waals surface area contributed by atoms with Crippen molar-refractivity contribution in [2.45, 2.75) is 20.0 Å². The van der Waals surface area contributed by atoms with Crippen molar-refractivity contribution in [1.82, 2.24) is 0 Å². The van der Waals surface area contributed by atoms with Gasteiger partial charge in [-0.15, -0.1) is 0 Å². The van der Waals surface area contributed by atoms with Gasteiger partial charge in [-0.2, -0.15) is 0 Å². The lowest BCUT2D eigenvalue weighted by molar-refractivity contribution is 0.281. The maximum Gasteiger partial charge on any atom is 0.147 e. The number of hydrogen-bond donors (Lipinski definition) is 1. The van der Waals surface area contributed by atoms with Gasteiger partial charge in [-0.05, 0) is 30.2 Å². The Balaban J connectivity index is 2.40. The molecule has 0 radical (unpaired) electrons. The molecule has 2 aromatic rings. The van der Waals surface area contributed by atoms with Crippen LogP contribution in [0.1, 0.15) is 18.1 Å². The molecule has 2 rings (SSSR count). The maximum atomic E-state index is 14.0. The van der Waals surface area contributed by atoms with Crippen LogP contribution in [0.2, 0.25) is 0 Å². The fourth-order valence-corrected chi connectivity index (χ4v) is 2.15. The van der Waals surface area contributed by atoms with Gasteiger partial charge in [0.05, 0.1) is 12.3 Å². The monoisotopic (exact) mass is 259 g/mol. The van der Waals surface area contributed by atoms with E-state index in [1.54, 1.807) is 24.1 Å². The third-order valence-electron chi connectivity index (χ3n) is 3.31. The minimum absolute atomic E-state index is 0.176. The quantitative estimate of drug-likeness (QED) is 0.906. The second-order valence-electron chi connectivity index (χ2n) is 4.48. The molecule has 0 aliphatic rings. The Morgan fingerprint density at radius 3 is 2.37 bits per heavy atom. The van der Waals surface area contributed by atoms with Crippen LogP contribution >= 0.6 is 0 Å². The molecule has 0 unspecified atom stereocenters. The van der Waals surface area contributed by atoms with E-state index in [9.17, 15) is 9.50 Å². The average molecular weight is 259 g/mol. The molecule has 0 saturated heterocycles. The van der Waals surface area contributed by atoms with Gasteiger partial charge in [-0.25, -0.2) is 4.39 Å². The molecule has 0 aliphatic carbocycles. The SMILES string of the molecule is CCc1ccc(N(C)c2c(F)cccc2CO)cc1. The van der Waals surface area contributed by atoms with Gasteiger partial charge in [0, 0.05) is 18.3 Å². The lowest BCUT2D eigenvalue weighted by atomic mass is 10.1. The Labute approximate surface area is 113 Å². The zero-order chi connectivity index (χ0) is 13.8. The summed E-state index contributed by atoms with van der Waals surface area (Å²) in [6, 6.07) is 12.7. The molecule has 2 aromatic carbocycles. The van der Waals surface area contributed by atoms with Crippen molar-refractivity contribution >= 4 is 11.4 Å². The summed E-state index contributed by atoms with van der Waals surface area (Å²) in [7, 11) is 1.80. The van der Waals surface area contributed by atoms with Crippen LogP contribution < -0.4 is 4.90 Å². The zero-order valence-corrected chi connectivity index (χ0v) is 11.2. The zero-order valence-electron chi connectivity index (χ0n) is 11.2. The second kappa shape index (κ2) is 5.85. The number of aliphatic hydroxyl groups is 1. The Bertz CT molecular complexity index is 551. The summed E-state index contributed by atoms with van der Waals surface area (Å²) in [5.74, 6) is -0.325. The molecular weight excluding hydrogens is 241 g/mol. The maximum absolute atomic E-state index is 14.0. The van der Waals surface area contributed by atoms with Crippen molar-refractivity contribution in [3.05, 3.63) is 59.4 Å². The molecule has 0 aliphatic heterocycles. The number of hydrogen-bond acceptors (Lipinski definition) is 2. The van der Waals surface area contributed by atoms with Crippen LogP contribution in [0.25, 0.3) is 0 Å². The first-order valence-corrected chi connectivity index (χ1v) is 6.38. The van der Waals surface area contributed by atoms with Crippen LogP contribution in [0.5, 0.6) is 0 Å². The van der Waals surface area contributed by atoms with Gasteiger partial charge in [0.15, 0.2) is 0 Å². The third-order valence-corrected chi connectivity index (χ3v) is 3.31. The number of halogens is 1. The predicted molar refractivity (Wildman–Crippen MR) is 76.2 cm³/mol. The lowest BCUT2D eigenvalue weighted by Gasteiger charge is -2.23. The second-order valence-corrected chi connectivity index (χ2v) is 4.48. The third kappa shape index (κ3) is 2.76. The van der Waals surface area contributed by atoms with E-state index < -0.39 is 0 Å². The number of anilines is 2. The highest BCUT2D eigenvalue weighted by atomic mass is 19.1. The topological polar surface area (TPSA) is 23.5 Å². The first kappa shape index (κ1) is 13.6. The molecule has 1 N–H and O–H groups in total. The normalized spacial score (nSPS) is 10.5. The van der Waals surface area contributed by atoms with Crippen molar-refractivity contribution in [3.8, 4) is 0 Å². The van der Waals surface area contributed by atoms with Crippen LogP contribution in [-0.4, -0.2) is 12.2 Å². The smallest absolute Gasteiger partial charge is 0.147 e. The number of aryl methyl sites for hydroxylation is 1. The van der Waals surface area contributed by atoms with Gasteiger partial charge in [-0.1, -0.05) is 31.2 Å². The Morgan fingerprint density at radius 1 is 1.11 bits per heavy atom. The van der Waals surface area contributed by atoms with Gasteiger partial charge in [0.25, 0.3) is 0 Å². The summed E-state index contributed by atoms with van der Waals surface area (Å²) < 4.78 is 14.0. The van der Waals surface area contributed by atoms with E-state index in [4.69, 9.17) is 0 Å². The van der Waals surface area contributed by atoms with Gasteiger partial charge >= 0.3 is 0 Å². The average Bonchev–Trinajstić information content (AvgIpc) is 2.46. The molecule has 0 aromatic heterocycles. The van der Waals surface area contributed by atoms with Crippen molar-refractivity contribution in [1.29, 1.82) is 0 Å². The molecule has 0 fully saturated rings. The van der Waals surface area contributed by atoms with Crippen molar-refractivity contribution in [2.75, 3.05) is 11.9 Å². The van der Waals surface area contributed by atoms with Gasteiger partial charge < -0.3 is 10.0 Å². The fraction of sp³-hybridized carbons (Fsp3) is 0.250. The lowest BCUT2D eigenvalue weighted by Crippen LogP contribution is -2.13. The van der Waals surface area contributed by atoms with Crippen LogP contribution in [0.4, 0.5) is 15.8 Å². The molecule has 0 amide bonds. The summed E-state index contributed by atoms with van der Waals surface area (Å²) in [5, 5.41) is 9.33. The van der Waals surface area contributed by atoms with E-state index in [0.29, 0.717) is 11.3 Å². The molecule has 0 saturated carbocycles. The number of rotatable bonds is 4. The largest absolute Gasteiger partial charge is 0.392 e. The minimum Gasteiger partial charge on any atom is -0.392 e. The summed E-state index contributed by atoms with van der Waals surface area (Å²) in [6.45, 7) is 1.92. The van der Waals surface area contributed by atoms with Crippen LogP contribution in [0, 0.1) is 5.82 Å². The van der Waals surface area contributed by atoms with Crippen LogP contribution in [0.3, 0.4) is 0 Å². The number of nitrogens with zero attached hydrogens (tertiary/aromatic N) is 1. The highest BCUT2D eigenvalue weighted by molar-refractivity contribution is 5.66. The van der Waals surface area contributed by atoms with Gasteiger partial charge in [-0.3, -0.25) is 0 Å². The van der Waals surface area contributed by atoms with Gasteiger partial charge in [0.1, 0.15) is 5.82 Å². The van der Waals surface area contributed by atoms with E-state index in [1.807, 2.05) is 24.3 Å². The summed E-state index contributed by atoms with van der Waals surface area (Å²) >= 11 is 0. The highest BCUT2D eigenvalue weighted by Crippen LogP contribution is 2.30. The highest BCUT2D eigenvalue weighted by Gasteiger charge is 2.13. The molecule has 0 bridgehead atoms. The Morgan fingerprint density at radius 2 is 1.79 bits per heavy atom.